The number of aryl methyl sites for hydroxylation is 1. The molecule has 2 aromatic rings. The number of halogens is 1. The number of rotatable bonds is 6. The van der Waals surface area contributed by atoms with Crippen LogP contribution in [0.2, 0.25) is 0 Å². The summed E-state index contributed by atoms with van der Waals surface area (Å²) < 4.78 is 37.4. The molecule has 0 fully saturated rings. The van der Waals surface area contributed by atoms with Gasteiger partial charge in [0.2, 0.25) is 0 Å². The molecule has 0 aliphatic rings. The molecule has 0 atom stereocenters. The van der Waals surface area contributed by atoms with Crippen molar-refractivity contribution in [1.82, 2.24) is 0 Å². The minimum Gasteiger partial charge on any atom is -0.294 e. The zero-order chi connectivity index (χ0) is 17.9. The maximum absolute atomic E-state index is 13.5. The van der Waals surface area contributed by atoms with Gasteiger partial charge in [-0.25, -0.2) is 12.8 Å². The maximum atomic E-state index is 13.5. The predicted molar refractivity (Wildman–Crippen MR) is 93.4 cm³/mol. The summed E-state index contributed by atoms with van der Waals surface area (Å²) in [7, 11) is -3.17. The molecule has 2 aromatic carbocycles. The van der Waals surface area contributed by atoms with Crippen molar-refractivity contribution < 1.29 is 17.6 Å². The molecule has 0 aliphatic carbocycles. The SMILES string of the molecule is Cc1ccc(CC(=O)c2ccc(CS(=O)(=O)C(C)C)cc2)cc1F. The maximum Gasteiger partial charge on any atom is 0.167 e. The van der Waals surface area contributed by atoms with E-state index in [2.05, 4.69) is 0 Å². The van der Waals surface area contributed by atoms with Gasteiger partial charge < -0.3 is 0 Å². The molecule has 0 N–H and O–H groups in total. The fourth-order valence-corrected chi connectivity index (χ4v) is 3.21. The number of benzene rings is 2. The van der Waals surface area contributed by atoms with Gasteiger partial charge in [-0.1, -0.05) is 36.4 Å². The molecule has 0 amide bonds. The number of carbonyl (C=O) groups is 1. The number of Topliss-reactive ketones (excluding diaryl/α,β-unsaturated/α-hetero) is 1. The molecule has 0 bridgehead atoms. The lowest BCUT2D eigenvalue weighted by Gasteiger charge is -2.08. The van der Waals surface area contributed by atoms with Crippen LogP contribution in [0.4, 0.5) is 4.39 Å². The van der Waals surface area contributed by atoms with Gasteiger partial charge in [-0.05, 0) is 43.5 Å². The van der Waals surface area contributed by atoms with Crippen LogP contribution in [0.1, 0.15) is 40.9 Å². The summed E-state index contributed by atoms with van der Waals surface area (Å²) in [4.78, 5) is 12.3. The van der Waals surface area contributed by atoms with Crippen LogP contribution in [0.15, 0.2) is 42.5 Å². The monoisotopic (exact) mass is 348 g/mol. The van der Waals surface area contributed by atoms with Crippen molar-refractivity contribution >= 4 is 15.6 Å². The van der Waals surface area contributed by atoms with Gasteiger partial charge in [0.15, 0.2) is 15.6 Å². The van der Waals surface area contributed by atoms with Crippen LogP contribution in [0.5, 0.6) is 0 Å². The highest BCUT2D eigenvalue weighted by molar-refractivity contribution is 7.91. The predicted octanol–water partition coefficient (Wildman–Crippen LogP) is 3.88. The minimum absolute atomic E-state index is 0.0394. The molecular weight excluding hydrogens is 327 g/mol. The van der Waals surface area contributed by atoms with Gasteiger partial charge in [-0.3, -0.25) is 4.79 Å². The fourth-order valence-electron chi connectivity index (χ4n) is 2.22. The molecule has 128 valence electrons. The molecule has 0 radical (unpaired) electrons. The van der Waals surface area contributed by atoms with Gasteiger partial charge in [0.25, 0.3) is 0 Å². The van der Waals surface area contributed by atoms with Crippen molar-refractivity contribution in [3.63, 3.8) is 0 Å². The first kappa shape index (κ1) is 18.3. The third-order valence-corrected chi connectivity index (χ3v) is 6.14. The van der Waals surface area contributed by atoms with E-state index >= 15 is 0 Å². The first-order chi connectivity index (χ1) is 11.2. The van der Waals surface area contributed by atoms with Crippen LogP contribution < -0.4 is 0 Å². The van der Waals surface area contributed by atoms with E-state index in [1.54, 1.807) is 57.2 Å². The first-order valence-electron chi connectivity index (χ1n) is 7.78. The van der Waals surface area contributed by atoms with E-state index in [0.29, 0.717) is 22.3 Å². The van der Waals surface area contributed by atoms with Gasteiger partial charge >= 0.3 is 0 Å². The summed E-state index contributed by atoms with van der Waals surface area (Å²) in [5.74, 6) is -0.492. The van der Waals surface area contributed by atoms with Gasteiger partial charge in [-0.15, -0.1) is 0 Å². The third kappa shape index (κ3) is 4.51. The quantitative estimate of drug-likeness (QED) is 0.744. The van der Waals surface area contributed by atoms with Crippen molar-refractivity contribution in [3.05, 3.63) is 70.5 Å². The molecule has 0 saturated carbocycles. The summed E-state index contributed by atoms with van der Waals surface area (Å²) in [6.45, 7) is 4.97. The van der Waals surface area contributed by atoms with Gasteiger partial charge in [0, 0.05) is 12.0 Å². The Balaban J connectivity index is 2.10. The summed E-state index contributed by atoms with van der Waals surface area (Å²) in [5, 5.41) is -0.435. The smallest absolute Gasteiger partial charge is 0.167 e. The zero-order valence-corrected chi connectivity index (χ0v) is 14.9. The highest BCUT2D eigenvalue weighted by Crippen LogP contribution is 2.15. The fraction of sp³-hybridized carbons (Fsp3) is 0.316. The molecule has 2 rings (SSSR count). The van der Waals surface area contributed by atoms with Crippen molar-refractivity contribution in [2.75, 3.05) is 0 Å². The Morgan fingerprint density at radius 1 is 1.04 bits per heavy atom. The molecular formula is C19H21FO3S. The van der Waals surface area contributed by atoms with E-state index in [4.69, 9.17) is 0 Å². The molecule has 0 unspecified atom stereocenters. The average molecular weight is 348 g/mol. The second-order valence-electron chi connectivity index (χ2n) is 6.24. The molecule has 0 aliphatic heterocycles. The number of ketones is 1. The highest BCUT2D eigenvalue weighted by atomic mass is 32.2. The summed E-state index contributed by atoms with van der Waals surface area (Å²) >= 11 is 0. The second-order valence-corrected chi connectivity index (χ2v) is 8.79. The van der Waals surface area contributed by atoms with Crippen LogP contribution in [0, 0.1) is 12.7 Å². The molecule has 5 heteroatoms. The van der Waals surface area contributed by atoms with Gasteiger partial charge in [0.05, 0.1) is 11.0 Å². The Hall–Kier alpha value is -2.01. The van der Waals surface area contributed by atoms with E-state index < -0.39 is 15.1 Å². The van der Waals surface area contributed by atoms with Crippen LogP contribution >= 0.6 is 0 Å². The average Bonchev–Trinajstić information content (AvgIpc) is 2.51. The van der Waals surface area contributed by atoms with Gasteiger partial charge in [-0.2, -0.15) is 0 Å². The Labute approximate surface area is 142 Å². The lowest BCUT2D eigenvalue weighted by Crippen LogP contribution is -2.16. The lowest BCUT2D eigenvalue weighted by molar-refractivity contribution is 0.0993. The molecule has 3 nitrogen and oxygen atoms in total. The summed E-state index contributed by atoms with van der Waals surface area (Å²) in [5.41, 5.74) is 2.31. The van der Waals surface area contributed by atoms with Crippen molar-refractivity contribution in [3.8, 4) is 0 Å². The third-order valence-electron chi connectivity index (χ3n) is 3.96. The molecule has 0 heterocycles. The molecule has 0 saturated heterocycles. The van der Waals surface area contributed by atoms with E-state index in [0.717, 1.165) is 0 Å². The highest BCUT2D eigenvalue weighted by Gasteiger charge is 2.17. The van der Waals surface area contributed by atoms with Crippen LogP contribution in [0.3, 0.4) is 0 Å². The normalized spacial score (nSPS) is 11.7. The van der Waals surface area contributed by atoms with Crippen LogP contribution in [-0.2, 0) is 22.0 Å². The molecule has 0 spiro atoms. The van der Waals surface area contributed by atoms with E-state index in [1.807, 2.05) is 0 Å². The van der Waals surface area contributed by atoms with E-state index in [1.165, 1.54) is 6.07 Å². The molecule has 24 heavy (non-hydrogen) atoms. The number of sulfone groups is 1. The number of carbonyl (C=O) groups excluding carboxylic acids is 1. The van der Waals surface area contributed by atoms with Gasteiger partial charge in [0.1, 0.15) is 5.82 Å². The number of hydrogen-bond acceptors (Lipinski definition) is 3. The summed E-state index contributed by atoms with van der Waals surface area (Å²) in [6, 6.07) is 11.3. The van der Waals surface area contributed by atoms with E-state index in [-0.39, 0.29) is 23.8 Å². The summed E-state index contributed by atoms with van der Waals surface area (Å²) in [6.07, 6.45) is 0.112. The minimum atomic E-state index is -3.17. The van der Waals surface area contributed by atoms with Crippen molar-refractivity contribution in [2.24, 2.45) is 0 Å². The Morgan fingerprint density at radius 2 is 1.62 bits per heavy atom. The van der Waals surface area contributed by atoms with E-state index in [9.17, 15) is 17.6 Å². The number of hydrogen-bond donors (Lipinski definition) is 0. The largest absolute Gasteiger partial charge is 0.294 e. The molecule has 0 aromatic heterocycles. The Kier molecular flexibility index (Phi) is 5.54. The Bertz CT molecular complexity index is 837. The van der Waals surface area contributed by atoms with Crippen molar-refractivity contribution in [2.45, 2.75) is 38.2 Å². The zero-order valence-electron chi connectivity index (χ0n) is 14.0. The topological polar surface area (TPSA) is 51.2 Å². The van der Waals surface area contributed by atoms with Crippen LogP contribution in [0.25, 0.3) is 0 Å². The second kappa shape index (κ2) is 7.26. The standard InChI is InChI=1S/C19H21FO3S/c1-13(2)24(22,23)12-15-6-8-17(9-7-15)19(21)11-16-5-4-14(3)18(20)10-16/h4-10,13H,11-12H2,1-3H3. The van der Waals surface area contributed by atoms with Crippen LogP contribution in [-0.4, -0.2) is 19.5 Å². The first-order valence-corrected chi connectivity index (χ1v) is 9.49. The van der Waals surface area contributed by atoms with Crippen molar-refractivity contribution in [1.29, 1.82) is 0 Å². The Morgan fingerprint density at radius 3 is 2.17 bits per heavy atom. The lowest BCUT2D eigenvalue weighted by atomic mass is 10.0.